The summed E-state index contributed by atoms with van der Waals surface area (Å²) in [5, 5.41) is 2.40. The molecule has 0 aromatic carbocycles. The highest BCUT2D eigenvalue weighted by Crippen LogP contribution is 1.89. The molecule has 0 aliphatic rings. The number of rotatable bonds is 5. The summed E-state index contributed by atoms with van der Waals surface area (Å²) < 4.78 is 0. The molecule has 1 radical (unpaired) electrons. The van der Waals surface area contributed by atoms with Gasteiger partial charge in [0.25, 0.3) is 0 Å². The molecule has 0 saturated heterocycles. The Labute approximate surface area is 55.6 Å². The van der Waals surface area contributed by atoms with Crippen LogP contribution < -0.4 is 11.1 Å². The Morgan fingerprint density at radius 1 is 1.78 bits per heavy atom. The van der Waals surface area contributed by atoms with Gasteiger partial charge < -0.3 is 11.1 Å². The fourth-order valence-electron chi connectivity index (χ4n) is 0.646. The van der Waals surface area contributed by atoms with E-state index in [1.807, 2.05) is 0 Å². The van der Waals surface area contributed by atoms with E-state index in [4.69, 9.17) is 5.73 Å². The van der Waals surface area contributed by atoms with Crippen LogP contribution in [0.2, 0.25) is 0 Å². The quantitative estimate of drug-likeness (QED) is 0.504. The van der Waals surface area contributed by atoms with Gasteiger partial charge in [-0.25, -0.2) is 0 Å². The van der Waals surface area contributed by atoms with Crippen molar-refractivity contribution in [3.05, 3.63) is 0 Å². The van der Waals surface area contributed by atoms with Gasteiger partial charge in [0.05, 0.1) is 0 Å². The molecule has 0 aromatic rings. The summed E-state index contributed by atoms with van der Waals surface area (Å²) in [7, 11) is 0. The van der Waals surface area contributed by atoms with E-state index in [0.29, 0.717) is 6.54 Å². The number of nitrogens with two attached hydrogens (primary N) is 1. The Hall–Kier alpha value is -0.570. The van der Waals surface area contributed by atoms with Gasteiger partial charge in [-0.15, -0.1) is 0 Å². The molecule has 0 aliphatic carbocycles. The van der Waals surface area contributed by atoms with Gasteiger partial charge in [-0.3, -0.25) is 4.79 Å². The predicted molar refractivity (Wildman–Crippen MR) is 36.6 cm³/mol. The van der Waals surface area contributed by atoms with Gasteiger partial charge in [-0.2, -0.15) is 0 Å². The zero-order valence-electron chi connectivity index (χ0n) is 5.68. The highest BCUT2D eigenvalue weighted by atomic mass is 16.1. The van der Waals surface area contributed by atoms with Gasteiger partial charge in [0.2, 0.25) is 0 Å². The largest absolute Gasteiger partial charge is 0.346 e. The van der Waals surface area contributed by atoms with E-state index in [-0.39, 0.29) is 6.04 Å². The second kappa shape index (κ2) is 5.56. The molecule has 0 aliphatic heterocycles. The topological polar surface area (TPSA) is 55.1 Å². The zero-order chi connectivity index (χ0) is 7.11. The van der Waals surface area contributed by atoms with Crippen LogP contribution in [0.3, 0.4) is 0 Å². The molecule has 53 valence electrons. The lowest BCUT2D eigenvalue weighted by Gasteiger charge is -2.06. The van der Waals surface area contributed by atoms with Crippen LogP contribution in [0.4, 0.5) is 0 Å². The zero-order valence-corrected chi connectivity index (χ0v) is 5.68. The first-order chi connectivity index (χ1) is 4.31. The van der Waals surface area contributed by atoms with E-state index in [9.17, 15) is 4.79 Å². The average Bonchev–Trinajstić information content (AvgIpc) is 1.85. The van der Waals surface area contributed by atoms with E-state index in [2.05, 4.69) is 12.2 Å². The van der Waals surface area contributed by atoms with Crippen LogP contribution in [0.25, 0.3) is 0 Å². The minimum absolute atomic E-state index is 0.0939. The Morgan fingerprint density at radius 3 is 2.89 bits per heavy atom. The maximum absolute atomic E-state index is 9.62. The molecule has 0 aromatic heterocycles. The van der Waals surface area contributed by atoms with Gasteiger partial charge in [-0.05, 0) is 6.42 Å². The van der Waals surface area contributed by atoms with Gasteiger partial charge in [0, 0.05) is 12.6 Å². The first-order valence-electron chi connectivity index (χ1n) is 3.16. The van der Waals surface area contributed by atoms with E-state index in [0.717, 1.165) is 12.8 Å². The van der Waals surface area contributed by atoms with Crippen molar-refractivity contribution in [2.45, 2.75) is 25.8 Å². The number of hydrogen-bond acceptors (Lipinski definition) is 2. The van der Waals surface area contributed by atoms with Crippen LogP contribution in [0.15, 0.2) is 0 Å². The molecule has 9 heavy (non-hydrogen) atoms. The normalized spacial score (nSPS) is 12.7. The summed E-state index contributed by atoms with van der Waals surface area (Å²) in [5.74, 6) is 0. The molecular weight excluding hydrogens is 116 g/mol. The van der Waals surface area contributed by atoms with Crippen molar-refractivity contribution in [2.75, 3.05) is 6.54 Å². The van der Waals surface area contributed by atoms with Crippen LogP contribution in [-0.2, 0) is 4.79 Å². The third kappa shape index (κ3) is 5.30. The van der Waals surface area contributed by atoms with E-state index in [1.54, 1.807) is 6.41 Å². The van der Waals surface area contributed by atoms with Crippen molar-refractivity contribution in [3.63, 3.8) is 0 Å². The predicted octanol–water partition coefficient (Wildman–Crippen LogP) is -0.229. The Balaban J connectivity index is 3.04. The lowest BCUT2D eigenvalue weighted by atomic mass is 10.2. The summed E-state index contributed by atoms with van der Waals surface area (Å²) >= 11 is 0. The maximum Gasteiger partial charge on any atom is 0.309 e. The number of amides is 1. The summed E-state index contributed by atoms with van der Waals surface area (Å²) in [4.78, 5) is 9.62. The van der Waals surface area contributed by atoms with Crippen LogP contribution >= 0.6 is 0 Å². The first kappa shape index (κ1) is 8.43. The molecule has 1 amide bonds. The van der Waals surface area contributed by atoms with E-state index < -0.39 is 0 Å². The summed E-state index contributed by atoms with van der Waals surface area (Å²) in [6.45, 7) is 2.60. The van der Waals surface area contributed by atoms with Gasteiger partial charge >= 0.3 is 6.41 Å². The van der Waals surface area contributed by atoms with Crippen LogP contribution in [0.1, 0.15) is 19.8 Å². The molecule has 0 rings (SSSR count). The molecule has 0 spiro atoms. The Kier molecular flexibility index (Phi) is 5.21. The molecule has 0 saturated carbocycles. The van der Waals surface area contributed by atoms with Crippen LogP contribution in [0.5, 0.6) is 0 Å². The van der Waals surface area contributed by atoms with Gasteiger partial charge in [0.1, 0.15) is 0 Å². The monoisotopic (exact) mass is 129 g/mol. The molecule has 1 atom stereocenters. The molecular formula is C6H13N2O. The lowest BCUT2D eigenvalue weighted by molar-refractivity contribution is 0.525. The molecule has 0 heterocycles. The van der Waals surface area contributed by atoms with Crippen molar-refractivity contribution < 1.29 is 4.79 Å². The second-order valence-corrected chi connectivity index (χ2v) is 2.03. The van der Waals surface area contributed by atoms with Crippen LogP contribution in [0, 0.1) is 0 Å². The van der Waals surface area contributed by atoms with Crippen molar-refractivity contribution in [2.24, 2.45) is 5.73 Å². The molecule has 3 heteroatoms. The number of hydrogen-bond donors (Lipinski definition) is 2. The number of carbonyl (C=O) groups excluding carboxylic acids is 1. The summed E-state index contributed by atoms with van der Waals surface area (Å²) in [6.07, 6.45) is 3.59. The maximum atomic E-state index is 9.62. The van der Waals surface area contributed by atoms with Crippen molar-refractivity contribution in [3.8, 4) is 0 Å². The molecule has 0 bridgehead atoms. The van der Waals surface area contributed by atoms with Crippen LogP contribution in [-0.4, -0.2) is 19.0 Å². The van der Waals surface area contributed by atoms with Gasteiger partial charge in [0.15, 0.2) is 0 Å². The third-order valence-corrected chi connectivity index (χ3v) is 1.10. The van der Waals surface area contributed by atoms with E-state index >= 15 is 0 Å². The molecule has 3 N–H and O–H groups in total. The van der Waals surface area contributed by atoms with Crippen molar-refractivity contribution >= 4 is 6.41 Å². The lowest BCUT2D eigenvalue weighted by Crippen LogP contribution is -2.32. The SMILES string of the molecule is CCCC(N)CN[C]=O. The number of nitrogens with one attached hydrogen (secondary N) is 1. The van der Waals surface area contributed by atoms with E-state index in [1.165, 1.54) is 0 Å². The Morgan fingerprint density at radius 2 is 2.44 bits per heavy atom. The fourth-order valence-corrected chi connectivity index (χ4v) is 0.646. The smallest absolute Gasteiger partial charge is 0.309 e. The second-order valence-electron chi connectivity index (χ2n) is 2.03. The summed E-state index contributed by atoms with van der Waals surface area (Å²) in [6, 6.07) is 0.0939. The standard InChI is InChI=1S/C6H13N2O/c1-2-3-6(7)4-8-5-9/h6H,2-4,7H2,1H3,(H,8,9). The molecule has 1 unspecified atom stereocenters. The van der Waals surface area contributed by atoms with Crippen molar-refractivity contribution in [1.82, 2.24) is 5.32 Å². The van der Waals surface area contributed by atoms with Gasteiger partial charge in [-0.1, -0.05) is 13.3 Å². The fraction of sp³-hybridized carbons (Fsp3) is 0.833. The Bertz CT molecular complexity index is 75.5. The first-order valence-corrected chi connectivity index (χ1v) is 3.16. The highest BCUT2D eigenvalue weighted by Gasteiger charge is 1.97. The van der Waals surface area contributed by atoms with Crippen molar-refractivity contribution in [1.29, 1.82) is 0 Å². The average molecular weight is 129 g/mol. The third-order valence-electron chi connectivity index (χ3n) is 1.10. The highest BCUT2D eigenvalue weighted by molar-refractivity contribution is 5.46. The minimum atomic E-state index is 0.0939. The minimum Gasteiger partial charge on any atom is -0.346 e. The molecule has 0 fully saturated rings. The molecule has 3 nitrogen and oxygen atoms in total. The summed E-state index contributed by atoms with van der Waals surface area (Å²) in [5.41, 5.74) is 5.53.